The van der Waals surface area contributed by atoms with Gasteiger partial charge in [0.1, 0.15) is 22.3 Å². The number of imide groups is 1. The van der Waals surface area contributed by atoms with Gasteiger partial charge < -0.3 is 15.4 Å². The molecule has 3 amide bonds. The molecule has 3 aromatic rings. The lowest BCUT2D eigenvalue weighted by molar-refractivity contribution is -0.120. The molecule has 0 atom stereocenters. The van der Waals surface area contributed by atoms with Gasteiger partial charge in [-0.05, 0) is 67.4 Å². The number of hydrogen-bond donors (Lipinski definition) is 2. The molecular formula is C26H20Cl2FN3O4. The molecular weight excluding hydrogens is 508 g/mol. The highest BCUT2D eigenvalue weighted by Crippen LogP contribution is 2.33. The topological polar surface area (TPSA) is 87.7 Å². The van der Waals surface area contributed by atoms with Crippen LogP contribution in [-0.2, 0) is 9.59 Å². The summed E-state index contributed by atoms with van der Waals surface area (Å²) in [6.45, 7) is 3.66. The SMILES string of the molecule is COc1ccc(C)cc1NC(=O)c1ccc(C)c(NC2=C(Cl)C(=O)N(c3ccc(F)c(Cl)c3)C2=O)c1. The Hall–Kier alpha value is -3.88. The number of rotatable bonds is 6. The molecule has 4 rings (SSSR count). The molecule has 0 bridgehead atoms. The van der Waals surface area contributed by atoms with E-state index in [0.717, 1.165) is 22.6 Å². The molecule has 3 aromatic carbocycles. The van der Waals surface area contributed by atoms with Crippen LogP contribution in [0.5, 0.6) is 5.75 Å². The van der Waals surface area contributed by atoms with Gasteiger partial charge in [0.25, 0.3) is 17.7 Å². The van der Waals surface area contributed by atoms with Gasteiger partial charge in [0, 0.05) is 11.3 Å². The minimum Gasteiger partial charge on any atom is -0.495 e. The van der Waals surface area contributed by atoms with Crippen molar-refractivity contribution in [1.29, 1.82) is 0 Å². The minimum absolute atomic E-state index is 0.0725. The molecule has 7 nitrogen and oxygen atoms in total. The zero-order valence-corrected chi connectivity index (χ0v) is 20.9. The van der Waals surface area contributed by atoms with Crippen molar-refractivity contribution in [3.8, 4) is 5.75 Å². The van der Waals surface area contributed by atoms with Crippen molar-refractivity contribution in [1.82, 2.24) is 0 Å². The molecule has 0 unspecified atom stereocenters. The van der Waals surface area contributed by atoms with Crippen LogP contribution in [0.1, 0.15) is 21.5 Å². The molecule has 0 spiro atoms. The van der Waals surface area contributed by atoms with E-state index in [1.807, 2.05) is 13.0 Å². The number of aryl methyl sites for hydroxylation is 2. The Morgan fingerprint density at radius 1 is 0.944 bits per heavy atom. The highest BCUT2D eigenvalue weighted by atomic mass is 35.5. The second-order valence-electron chi connectivity index (χ2n) is 8.05. The lowest BCUT2D eigenvalue weighted by Gasteiger charge is -2.16. The molecule has 0 aliphatic carbocycles. The molecule has 0 fully saturated rings. The summed E-state index contributed by atoms with van der Waals surface area (Å²) in [6, 6.07) is 13.7. The van der Waals surface area contributed by atoms with E-state index in [1.54, 1.807) is 37.3 Å². The van der Waals surface area contributed by atoms with Crippen LogP contribution in [0.25, 0.3) is 0 Å². The number of halogens is 3. The molecule has 10 heteroatoms. The summed E-state index contributed by atoms with van der Waals surface area (Å²) in [7, 11) is 1.51. The third-order valence-electron chi connectivity index (χ3n) is 5.55. The predicted molar refractivity (Wildman–Crippen MR) is 137 cm³/mol. The maximum atomic E-state index is 13.6. The van der Waals surface area contributed by atoms with Gasteiger partial charge in [-0.1, -0.05) is 35.3 Å². The summed E-state index contributed by atoms with van der Waals surface area (Å²) in [5.41, 5.74) is 2.73. The maximum Gasteiger partial charge on any atom is 0.283 e. The summed E-state index contributed by atoms with van der Waals surface area (Å²) in [4.78, 5) is 39.6. The van der Waals surface area contributed by atoms with Crippen LogP contribution >= 0.6 is 23.2 Å². The number of nitrogens with zero attached hydrogens (tertiary/aromatic N) is 1. The molecule has 36 heavy (non-hydrogen) atoms. The number of anilines is 3. The standard InChI is InChI=1S/C26H20Cl2FN3O4/c1-13-4-9-21(36-3)20(10-13)31-24(33)15-6-5-14(2)19(11-15)30-23-22(28)25(34)32(26(23)35)16-7-8-18(29)17(27)12-16/h4-12,30H,1-3H3,(H,31,33). The Morgan fingerprint density at radius 3 is 2.39 bits per heavy atom. The fourth-order valence-corrected chi connectivity index (χ4v) is 4.00. The number of amides is 3. The first kappa shape index (κ1) is 25.2. The van der Waals surface area contributed by atoms with Gasteiger partial charge in [0.15, 0.2) is 0 Å². The van der Waals surface area contributed by atoms with E-state index in [2.05, 4.69) is 10.6 Å². The first-order valence-corrected chi connectivity index (χ1v) is 11.4. The summed E-state index contributed by atoms with van der Waals surface area (Å²) < 4.78 is 18.9. The van der Waals surface area contributed by atoms with E-state index in [-0.39, 0.29) is 21.4 Å². The number of nitrogens with one attached hydrogen (secondary N) is 2. The lowest BCUT2D eigenvalue weighted by Crippen LogP contribution is -2.32. The molecule has 184 valence electrons. The molecule has 1 aliphatic heterocycles. The van der Waals surface area contributed by atoms with Crippen molar-refractivity contribution in [2.24, 2.45) is 0 Å². The van der Waals surface area contributed by atoms with Gasteiger partial charge in [-0.3, -0.25) is 14.4 Å². The van der Waals surface area contributed by atoms with Crippen LogP contribution in [0.2, 0.25) is 5.02 Å². The van der Waals surface area contributed by atoms with Crippen molar-refractivity contribution in [3.63, 3.8) is 0 Å². The monoisotopic (exact) mass is 527 g/mol. The minimum atomic E-state index is -0.787. The fourth-order valence-electron chi connectivity index (χ4n) is 3.62. The Bertz CT molecular complexity index is 1460. The van der Waals surface area contributed by atoms with E-state index >= 15 is 0 Å². The van der Waals surface area contributed by atoms with E-state index in [1.165, 1.54) is 13.2 Å². The Balaban J connectivity index is 1.60. The smallest absolute Gasteiger partial charge is 0.283 e. The van der Waals surface area contributed by atoms with Crippen LogP contribution in [0, 0.1) is 19.7 Å². The van der Waals surface area contributed by atoms with Crippen LogP contribution in [-0.4, -0.2) is 24.8 Å². The van der Waals surface area contributed by atoms with Crippen LogP contribution < -0.4 is 20.3 Å². The molecule has 0 saturated carbocycles. The number of carbonyl (C=O) groups excluding carboxylic acids is 3. The normalized spacial score (nSPS) is 13.3. The zero-order valence-electron chi connectivity index (χ0n) is 19.4. The number of methoxy groups -OCH3 is 1. The largest absolute Gasteiger partial charge is 0.495 e. The van der Waals surface area contributed by atoms with Crippen molar-refractivity contribution in [2.75, 3.05) is 22.6 Å². The average Bonchev–Trinajstić information content (AvgIpc) is 3.05. The maximum absolute atomic E-state index is 13.6. The number of hydrogen-bond acceptors (Lipinski definition) is 5. The average molecular weight is 528 g/mol. The molecule has 2 N–H and O–H groups in total. The van der Waals surface area contributed by atoms with Gasteiger partial charge in [0.2, 0.25) is 0 Å². The first-order chi connectivity index (χ1) is 17.1. The van der Waals surface area contributed by atoms with Crippen LogP contribution in [0.4, 0.5) is 21.5 Å². The highest BCUT2D eigenvalue weighted by molar-refractivity contribution is 6.53. The summed E-state index contributed by atoms with van der Waals surface area (Å²) in [5, 5.41) is 5.11. The quantitative estimate of drug-likeness (QED) is 0.396. The molecule has 0 aromatic heterocycles. The third-order valence-corrected chi connectivity index (χ3v) is 6.19. The van der Waals surface area contributed by atoms with Crippen LogP contribution in [0.15, 0.2) is 65.3 Å². The van der Waals surface area contributed by atoms with Crippen molar-refractivity contribution in [3.05, 3.63) is 92.9 Å². The van der Waals surface area contributed by atoms with E-state index in [4.69, 9.17) is 27.9 Å². The van der Waals surface area contributed by atoms with E-state index in [9.17, 15) is 18.8 Å². The van der Waals surface area contributed by atoms with Gasteiger partial charge >= 0.3 is 0 Å². The Morgan fingerprint density at radius 2 is 1.69 bits per heavy atom. The van der Waals surface area contributed by atoms with Gasteiger partial charge in [-0.15, -0.1) is 0 Å². The lowest BCUT2D eigenvalue weighted by atomic mass is 10.1. The summed E-state index contributed by atoms with van der Waals surface area (Å²) >= 11 is 12.0. The second-order valence-corrected chi connectivity index (χ2v) is 8.83. The van der Waals surface area contributed by atoms with E-state index < -0.39 is 23.5 Å². The van der Waals surface area contributed by atoms with Gasteiger partial charge in [-0.25, -0.2) is 9.29 Å². The van der Waals surface area contributed by atoms with Crippen molar-refractivity contribution in [2.45, 2.75) is 13.8 Å². The first-order valence-electron chi connectivity index (χ1n) is 10.7. The van der Waals surface area contributed by atoms with Crippen LogP contribution in [0.3, 0.4) is 0 Å². The third kappa shape index (κ3) is 4.78. The number of benzene rings is 3. The van der Waals surface area contributed by atoms with Gasteiger partial charge in [0.05, 0.1) is 23.5 Å². The fraction of sp³-hybridized carbons (Fsp3) is 0.115. The second kappa shape index (κ2) is 10.0. The Kier molecular flexibility index (Phi) is 7.01. The number of ether oxygens (including phenoxy) is 1. The van der Waals surface area contributed by atoms with Crippen molar-refractivity contribution >= 4 is 58.0 Å². The molecule has 0 radical (unpaired) electrons. The summed E-state index contributed by atoms with van der Waals surface area (Å²) in [5.74, 6) is -2.12. The van der Waals surface area contributed by atoms with Gasteiger partial charge in [-0.2, -0.15) is 0 Å². The van der Waals surface area contributed by atoms with Crippen molar-refractivity contribution < 1.29 is 23.5 Å². The highest BCUT2D eigenvalue weighted by Gasteiger charge is 2.39. The predicted octanol–water partition coefficient (Wildman–Crippen LogP) is 5.79. The molecule has 1 aliphatic rings. The summed E-state index contributed by atoms with van der Waals surface area (Å²) in [6.07, 6.45) is 0. The zero-order chi connectivity index (χ0) is 26.1. The van der Waals surface area contributed by atoms with E-state index in [0.29, 0.717) is 28.3 Å². The number of carbonyl (C=O) groups is 3. The molecule has 1 heterocycles. The molecule has 0 saturated heterocycles. The Labute approximate surface area is 216 Å².